The molecular formula is C27H30N6O5. The number of para-hydroxylation sites is 2. The molecular weight excluding hydrogens is 488 g/mol. The number of aromatic nitrogens is 3. The highest BCUT2D eigenvalue weighted by molar-refractivity contribution is 5.95. The number of nitrogens with one attached hydrogen (secondary N) is 3. The van der Waals surface area contributed by atoms with E-state index < -0.39 is 11.7 Å². The minimum atomic E-state index is -0.580. The molecule has 4 aromatic rings. The molecule has 0 saturated heterocycles. The topological polar surface area (TPSA) is 150 Å². The maximum absolute atomic E-state index is 13.0. The normalized spacial score (nSPS) is 11.6. The summed E-state index contributed by atoms with van der Waals surface area (Å²) in [6.45, 7) is 0.806. The quantitative estimate of drug-likeness (QED) is 0.127. The SMILES string of the molecule is COCCOc1ccc(C(Nc2ccc(C(=N)N)cc2)c2nn(-c3ccccc3OC)c(=O)[nH]2)cc1OC. The lowest BCUT2D eigenvalue weighted by Crippen LogP contribution is -2.16. The zero-order chi connectivity index (χ0) is 27.1. The van der Waals surface area contributed by atoms with Gasteiger partial charge in [-0.3, -0.25) is 10.4 Å². The molecule has 0 aliphatic carbocycles. The summed E-state index contributed by atoms with van der Waals surface area (Å²) in [6.07, 6.45) is 0. The molecule has 1 aromatic heterocycles. The van der Waals surface area contributed by atoms with Crippen LogP contribution in [0, 0.1) is 5.41 Å². The van der Waals surface area contributed by atoms with Crippen LogP contribution in [0.1, 0.15) is 23.0 Å². The van der Waals surface area contributed by atoms with Crippen LogP contribution in [0.5, 0.6) is 17.2 Å². The van der Waals surface area contributed by atoms with E-state index in [1.165, 1.54) is 11.8 Å². The average Bonchev–Trinajstić information content (AvgIpc) is 3.33. The number of amidine groups is 1. The molecule has 0 saturated carbocycles. The number of ether oxygens (including phenoxy) is 4. The predicted molar refractivity (Wildman–Crippen MR) is 144 cm³/mol. The van der Waals surface area contributed by atoms with Crippen LogP contribution in [0.2, 0.25) is 0 Å². The molecule has 1 unspecified atom stereocenters. The maximum atomic E-state index is 13.0. The van der Waals surface area contributed by atoms with Crippen molar-refractivity contribution in [1.82, 2.24) is 14.8 Å². The van der Waals surface area contributed by atoms with Gasteiger partial charge in [0.2, 0.25) is 0 Å². The van der Waals surface area contributed by atoms with Crippen molar-refractivity contribution in [3.05, 3.63) is 94.2 Å². The van der Waals surface area contributed by atoms with E-state index in [-0.39, 0.29) is 5.84 Å². The molecule has 0 aliphatic heterocycles. The third-order valence-corrected chi connectivity index (χ3v) is 5.79. The Kier molecular flexibility index (Phi) is 8.29. The fourth-order valence-corrected chi connectivity index (χ4v) is 3.88. The lowest BCUT2D eigenvalue weighted by atomic mass is 10.0. The van der Waals surface area contributed by atoms with Gasteiger partial charge in [0.05, 0.1) is 20.8 Å². The van der Waals surface area contributed by atoms with Gasteiger partial charge >= 0.3 is 5.69 Å². The van der Waals surface area contributed by atoms with Gasteiger partial charge in [0, 0.05) is 18.4 Å². The fourth-order valence-electron chi connectivity index (χ4n) is 3.88. The minimum absolute atomic E-state index is 0.0261. The van der Waals surface area contributed by atoms with E-state index in [4.69, 9.17) is 30.1 Å². The first-order chi connectivity index (χ1) is 18.4. The Morgan fingerprint density at radius 3 is 2.42 bits per heavy atom. The maximum Gasteiger partial charge on any atom is 0.348 e. The molecule has 4 rings (SSSR count). The van der Waals surface area contributed by atoms with Crippen molar-refractivity contribution in [2.24, 2.45) is 5.73 Å². The van der Waals surface area contributed by atoms with Crippen LogP contribution < -0.4 is 31.0 Å². The number of hydrogen-bond donors (Lipinski definition) is 4. The zero-order valence-electron chi connectivity index (χ0n) is 21.4. The van der Waals surface area contributed by atoms with Crippen LogP contribution in [0.4, 0.5) is 5.69 Å². The highest BCUT2D eigenvalue weighted by atomic mass is 16.5. The Morgan fingerprint density at radius 1 is 1.00 bits per heavy atom. The summed E-state index contributed by atoms with van der Waals surface area (Å²) in [6, 6.07) is 19.1. The summed E-state index contributed by atoms with van der Waals surface area (Å²) in [5.74, 6) is 1.93. The molecule has 3 aromatic carbocycles. The first-order valence-electron chi connectivity index (χ1n) is 11.8. The van der Waals surface area contributed by atoms with Crippen LogP contribution in [-0.4, -0.2) is 55.1 Å². The van der Waals surface area contributed by atoms with Crippen molar-refractivity contribution in [3.8, 4) is 22.9 Å². The molecule has 0 fully saturated rings. The predicted octanol–water partition coefficient (Wildman–Crippen LogP) is 3.09. The molecule has 5 N–H and O–H groups in total. The number of nitrogen functional groups attached to an aromatic ring is 1. The number of aromatic amines is 1. The van der Waals surface area contributed by atoms with Gasteiger partial charge in [-0.15, -0.1) is 5.10 Å². The van der Waals surface area contributed by atoms with Gasteiger partial charge in [0.15, 0.2) is 17.3 Å². The van der Waals surface area contributed by atoms with E-state index in [0.717, 1.165) is 11.3 Å². The first-order valence-corrected chi connectivity index (χ1v) is 11.8. The molecule has 0 spiro atoms. The largest absolute Gasteiger partial charge is 0.494 e. The molecule has 0 amide bonds. The molecule has 0 radical (unpaired) electrons. The Labute approximate surface area is 219 Å². The average molecular weight is 519 g/mol. The lowest BCUT2D eigenvalue weighted by Gasteiger charge is -2.20. The van der Waals surface area contributed by atoms with Gasteiger partial charge in [-0.1, -0.05) is 18.2 Å². The molecule has 11 heteroatoms. The number of nitrogens with zero attached hydrogens (tertiary/aromatic N) is 2. The highest BCUT2D eigenvalue weighted by Crippen LogP contribution is 2.33. The summed E-state index contributed by atoms with van der Waals surface area (Å²) in [4.78, 5) is 15.9. The van der Waals surface area contributed by atoms with Crippen LogP contribution in [-0.2, 0) is 4.74 Å². The van der Waals surface area contributed by atoms with Crippen molar-refractivity contribution in [3.63, 3.8) is 0 Å². The van der Waals surface area contributed by atoms with Crippen LogP contribution >= 0.6 is 0 Å². The smallest absolute Gasteiger partial charge is 0.348 e. The Hall–Kier alpha value is -4.77. The summed E-state index contributed by atoms with van der Waals surface area (Å²) in [5, 5.41) is 15.7. The monoisotopic (exact) mass is 518 g/mol. The molecule has 198 valence electrons. The number of nitrogens with two attached hydrogens (primary N) is 1. The van der Waals surface area contributed by atoms with Gasteiger partial charge in [-0.2, -0.15) is 4.68 Å². The van der Waals surface area contributed by atoms with Gasteiger partial charge in [0.1, 0.15) is 29.9 Å². The van der Waals surface area contributed by atoms with Crippen molar-refractivity contribution >= 4 is 11.5 Å². The zero-order valence-corrected chi connectivity index (χ0v) is 21.4. The Morgan fingerprint density at radius 2 is 1.74 bits per heavy atom. The summed E-state index contributed by atoms with van der Waals surface area (Å²) in [5.41, 5.74) is 7.77. The lowest BCUT2D eigenvalue weighted by molar-refractivity contribution is 0.144. The van der Waals surface area contributed by atoms with E-state index in [1.807, 2.05) is 18.2 Å². The van der Waals surface area contributed by atoms with Gasteiger partial charge in [-0.25, -0.2) is 4.79 Å². The standard InChI is InChI=1S/C27H30N6O5/c1-35-14-15-38-22-13-10-18(16-23(22)37-3)24(30-19-11-8-17(9-12-19)25(28)29)26-31-27(34)33(32-26)20-6-4-5-7-21(20)36-2/h4-13,16,24,30H,14-15H2,1-3H3,(H3,28,29)(H,31,32,34). The van der Waals surface area contributed by atoms with Crippen molar-refractivity contribution < 1.29 is 18.9 Å². The fraction of sp³-hybridized carbons (Fsp3) is 0.222. The Balaban J connectivity index is 1.76. The van der Waals surface area contributed by atoms with Gasteiger partial charge in [0.25, 0.3) is 0 Å². The van der Waals surface area contributed by atoms with E-state index in [0.29, 0.717) is 47.5 Å². The van der Waals surface area contributed by atoms with E-state index >= 15 is 0 Å². The molecule has 1 heterocycles. The van der Waals surface area contributed by atoms with Crippen molar-refractivity contribution in [1.29, 1.82) is 5.41 Å². The minimum Gasteiger partial charge on any atom is -0.494 e. The number of H-pyrrole nitrogens is 1. The van der Waals surface area contributed by atoms with Gasteiger partial charge < -0.3 is 30.0 Å². The second-order valence-electron chi connectivity index (χ2n) is 8.22. The number of hydrogen-bond acceptors (Lipinski definition) is 8. The number of anilines is 1. The molecule has 11 nitrogen and oxygen atoms in total. The van der Waals surface area contributed by atoms with Crippen LogP contribution in [0.3, 0.4) is 0 Å². The molecule has 1 atom stereocenters. The molecule has 0 bridgehead atoms. The summed E-state index contributed by atoms with van der Waals surface area (Å²) >= 11 is 0. The Bertz CT molecular complexity index is 1450. The second-order valence-corrected chi connectivity index (χ2v) is 8.22. The van der Waals surface area contributed by atoms with Crippen LogP contribution in [0.15, 0.2) is 71.5 Å². The van der Waals surface area contributed by atoms with Crippen molar-refractivity contribution in [2.45, 2.75) is 6.04 Å². The number of rotatable bonds is 12. The third kappa shape index (κ3) is 5.79. The molecule has 38 heavy (non-hydrogen) atoms. The van der Waals surface area contributed by atoms with Crippen LogP contribution in [0.25, 0.3) is 5.69 Å². The first kappa shape index (κ1) is 26.3. The third-order valence-electron chi connectivity index (χ3n) is 5.79. The van der Waals surface area contributed by atoms with E-state index in [1.54, 1.807) is 62.8 Å². The second kappa shape index (κ2) is 12.0. The summed E-state index contributed by atoms with van der Waals surface area (Å²) < 4.78 is 23.1. The van der Waals surface area contributed by atoms with Crippen molar-refractivity contribution in [2.75, 3.05) is 39.9 Å². The van der Waals surface area contributed by atoms with E-state index in [9.17, 15) is 4.79 Å². The number of methoxy groups -OCH3 is 3. The number of benzene rings is 3. The van der Waals surface area contributed by atoms with E-state index in [2.05, 4.69) is 15.4 Å². The molecule has 0 aliphatic rings. The highest BCUT2D eigenvalue weighted by Gasteiger charge is 2.23. The summed E-state index contributed by atoms with van der Waals surface area (Å²) in [7, 11) is 4.70. The van der Waals surface area contributed by atoms with Gasteiger partial charge in [-0.05, 0) is 54.1 Å².